The molecular weight excluding hydrogens is 292 g/mol. The van der Waals surface area contributed by atoms with Gasteiger partial charge in [-0.05, 0) is 12.8 Å². The van der Waals surface area contributed by atoms with E-state index >= 15 is 0 Å². The molecule has 2 rings (SSSR count). The molecule has 1 spiro atoms. The zero-order valence-electron chi connectivity index (χ0n) is 14.7. The fraction of sp³-hybridized carbons (Fsp3) is 0.765. The van der Waals surface area contributed by atoms with E-state index in [0.29, 0.717) is 0 Å². The quantitative estimate of drug-likeness (QED) is 0.672. The molecule has 0 amide bonds. The van der Waals surface area contributed by atoms with Crippen LogP contribution in [0.1, 0.15) is 25.7 Å². The van der Waals surface area contributed by atoms with Crippen LogP contribution in [0.2, 0.25) is 39.3 Å². The molecule has 120 valence electrons. The Hall–Kier alpha value is -0.166. The predicted octanol–water partition coefficient (Wildman–Crippen LogP) is 4.91. The lowest BCUT2D eigenvalue weighted by atomic mass is 10.1. The zero-order valence-corrected chi connectivity index (χ0v) is 16.7. The Morgan fingerprint density at radius 1 is 0.762 bits per heavy atom. The minimum Gasteiger partial charge on any atom is -0.348 e. The highest BCUT2D eigenvalue weighted by Gasteiger charge is 2.38. The molecule has 21 heavy (non-hydrogen) atoms. The lowest BCUT2D eigenvalue weighted by Gasteiger charge is -2.25. The van der Waals surface area contributed by atoms with Crippen molar-refractivity contribution in [1.82, 2.24) is 0 Å². The molecular formula is C17H32O2Si2. The summed E-state index contributed by atoms with van der Waals surface area (Å²) >= 11 is 0. The molecule has 1 saturated heterocycles. The van der Waals surface area contributed by atoms with E-state index < -0.39 is 16.1 Å². The average Bonchev–Trinajstić information content (AvgIpc) is 2.70. The maximum absolute atomic E-state index is 5.96. The van der Waals surface area contributed by atoms with Gasteiger partial charge in [-0.2, -0.15) is 0 Å². The molecule has 4 heteroatoms. The summed E-state index contributed by atoms with van der Waals surface area (Å²) in [5, 5.41) is 0. The van der Waals surface area contributed by atoms with E-state index in [9.17, 15) is 0 Å². The van der Waals surface area contributed by atoms with Crippen LogP contribution in [0, 0.1) is 0 Å². The smallest absolute Gasteiger partial charge is 0.169 e. The van der Waals surface area contributed by atoms with Crippen molar-refractivity contribution in [3.8, 4) is 0 Å². The third-order valence-corrected chi connectivity index (χ3v) is 6.42. The van der Waals surface area contributed by atoms with Crippen LogP contribution in [0.25, 0.3) is 0 Å². The summed E-state index contributed by atoms with van der Waals surface area (Å²) in [7, 11) is -2.41. The zero-order chi connectivity index (χ0) is 15.7. The normalized spacial score (nSPS) is 27.5. The van der Waals surface area contributed by atoms with Gasteiger partial charge in [-0.25, -0.2) is 0 Å². The maximum atomic E-state index is 5.96. The Morgan fingerprint density at radius 2 is 1.14 bits per heavy atom. The van der Waals surface area contributed by atoms with Crippen LogP contribution in [-0.4, -0.2) is 35.1 Å². The largest absolute Gasteiger partial charge is 0.348 e. The summed E-state index contributed by atoms with van der Waals surface area (Å²) in [6.07, 6.45) is 4.26. The molecule has 0 N–H and O–H groups in total. The molecule has 0 radical (unpaired) electrons. The minimum atomic E-state index is -1.20. The van der Waals surface area contributed by atoms with Gasteiger partial charge >= 0.3 is 0 Å². The Balaban J connectivity index is 2.30. The van der Waals surface area contributed by atoms with Gasteiger partial charge in [-0.3, -0.25) is 0 Å². The van der Waals surface area contributed by atoms with Crippen LogP contribution < -0.4 is 0 Å². The van der Waals surface area contributed by atoms with Gasteiger partial charge in [0.2, 0.25) is 0 Å². The first-order chi connectivity index (χ1) is 9.59. The first-order valence-corrected chi connectivity index (χ1v) is 15.5. The van der Waals surface area contributed by atoms with E-state index in [-0.39, 0.29) is 5.79 Å². The number of allylic oxidation sites excluding steroid dienone is 2. The molecule has 2 aliphatic rings. The Bertz CT molecular complexity index is 397. The van der Waals surface area contributed by atoms with E-state index in [1.54, 1.807) is 11.1 Å². The fourth-order valence-electron chi connectivity index (χ4n) is 3.26. The second-order valence-electron chi connectivity index (χ2n) is 8.68. The highest BCUT2D eigenvalue weighted by molar-refractivity contribution is 6.82. The van der Waals surface area contributed by atoms with Crippen molar-refractivity contribution in [3.05, 3.63) is 22.5 Å². The van der Waals surface area contributed by atoms with Crippen LogP contribution in [0.3, 0.4) is 0 Å². The number of ether oxygens (including phenoxy) is 2. The predicted molar refractivity (Wildman–Crippen MR) is 96.0 cm³/mol. The van der Waals surface area contributed by atoms with Crippen molar-refractivity contribution in [2.75, 3.05) is 13.2 Å². The number of hydrogen-bond acceptors (Lipinski definition) is 2. The summed E-state index contributed by atoms with van der Waals surface area (Å²) in [5.41, 5.74) is 8.39. The lowest BCUT2D eigenvalue weighted by Crippen LogP contribution is -2.28. The topological polar surface area (TPSA) is 18.5 Å². The van der Waals surface area contributed by atoms with Gasteiger partial charge in [-0.15, -0.1) is 0 Å². The molecule has 0 aromatic rings. The summed E-state index contributed by atoms with van der Waals surface area (Å²) in [6.45, 7) is 16.1. The molecule has 0 bridgehead atoms. The summed E-state index contributed by atoms with van der Waals surface area (Å²) in [5.74, 6) is -0.284. The van der Waals surface area contributed by atoms with Crippen molar-refractivity contribution >= 4 is 16.1 Å². The number of rotatable bonds is 2. The van der Waals surface area contributed by atoms with E-state index in [0.717, 1.165) is 38.9 Å². The Kier molecular flexibility index (Phi) is 5.03. The van der Waals surface area contributed by atoms with Gasteiger partial charge in [0, 0.05) is 12.8 Å². The standard InChI is InChI=1S/C17H32O2Si2/c1-20(2,3)13-15-7-9-17(18-11-12-19-17)10-8-16(15)14-21(4,5)6/h13-14H,7-12H2,1-6H3/b15-13+,16-14+. The number of hydrogen-bond donors (Lipinski definition) is 0. The molecule has 0 unspecified atom stereocenters. The van der Waals surface area contributed by atoms with E-state index in [4.69, 9.17) is 9.47 Å². The van der Waals surface area contributed by atoms with Crippen molar-refractivity contribution in [2.45, 2.75) is 70.8 Å². The van der Waals surface area contributed by atoms with Crippen LogP contribution in [-0.2, 0) is 9.47 Å². The lowest BCUT2D eigenvalue weighted by molar-refractivity contribution is -0.164. The Morgan fingerprint density at radius 3 is 1.48 bits per heavy atom. The van der Waals surface area contributed by atoms with Crippen molar-refractivity contribution in [1.29, 1.82) is 0 Å². The minimum absolute atomic E-state index is 0.284. The van der Waals surface area contributed by atoms with Crippen LogP contribution >= 0.6 is 0 Å². The van der Waals surface area contributed by atoms with Crippen molar-refractivity contribution in [2.24, 2.45) is 0 Å². The first kappa shape index (κ1) is 17.2. The van der Waals surface area contributed by atoms with Crippen LogP contribution in [0.5, 0.6) is 0 Å². The molecule has 1 aliphatic carbocycles. The molecule has 1 aliphatic heterocycles. The average molecular weight is 325 g/mol. The van der Waals surface area contributed by atoms with E-state index in [2.05, 4.69) is 50.7 Å². The second kappa shape index (κ2) is 6.15. The van der Waals surface area contributed by atoms with Gasteiger partial charge in [0.05, 0.1) is 29.4 Å². The highest BCUT2D eigenvalue weighted by Crippen LogP contribution is 2.39. The van der Waals surface area contributed by atoms with Gasteiger partial charge in [0.1, 0.15) is 0 Å². The summed E-state index contributed by atoms with van der Waals surface area (Å²) < 4.78 is 11.9. The molecule has 2 nitrogen and oxygen atoms in total. The van der Waals surface area contributed by atoms with Crippen molar-refractivity contribution < 1.29 is 9.47 Å². The van der Waals surface area contributed by atoms with Crippen molar-refractivity contribution in [3.63, 3.8) is 0 Å². The maximum Gasteiger partial charge on any atom is 0.169 e. The van der Waals surface area contributed by atoms with Gasteiger partial charge in [0.25, 0.3) is 0 Å². The van der Waals surface area contributed by atoms with E-state index in [1.807, 2.05) is 0 Å². The van der Waals surface area contributed by atoms with Gasteiger partial charge in [-0.1, -0.05) is 61.8 Å². The van der Waals surface area contributed by atoms with Gasteiger partial charge < -0.3 is 9.47 Å². The molecule has 0 aromatic carbocycles. The highest BCUT2D eigenvalue weighted by atomic mass is 28.3. The van der Waals surface area contributed by atoms with Crippen LogP contribution in [0.15, 0.2) is 22.5 Å². The third kappa shape index (κ3) is 5.20. The van der Waals surface area contributed by atoms with E-state index in [1.165, 1.54) is 0 Å². The molecule has 1 saturated carbocycles. The fourth-order valence-corrected chi connectivity index (χ4v) is 6.01. The van der Waals surface area contributed by atoms with Gasteiger partial charge in [0.15, 0.2) is 5.79 Å². The summed E-state index contributed by atoms with van der Waals surface area (Å²) in [4.78, 5) is 0. The summed E-state index contributed by atoms with van der Waals surface area (Å²) in [6, 6.07) is 0. The monoisotopic (exact) mass is 324 g/mol. The Labute approximate surface area is 132 Å². The molecule has 0 atom stereocenters. The molecule has 0 aromatic heterocycles. The van der Waals surface area contributed by atoms with Crippen LogP contribution in [0.4, 0.5) is 0 Å². The molecule has 2 fully saturated rings. The first-order valence-electron chi connectivity index (χ1n) is 8.30. The SMILES string of the molecule is C[Si](C)(C)/C=C1\CCC2(CC\C1=C/[Si](C)(C)C)OCCO2. The third-order valence-electron chi connectivity index (χ3n) is 3.99. The molecule has 1 heterocycles. The second-order valence-corrected chi connectivity index (χ2v) is 18.7.